The minimum atomic E-state index is -0.356. The Kier molecular flexibility index (Phi) is 5.31. The van der Waals surface area contributed by atoms with Gasteiger partial charge in [0.1, 0.15) is 0 Å². The summed E-state index contributed by atoms with van der Waals surface area (Å²) in [5.41, 5.74) is 2.27. The Balaban J connectivity index is 2.16. The zero-order chi connectivity index (χ0) is 15.9. The summed E-state index contributed by atoms with van der Waals surface area (Å²) in [4.78, 5) is 25.7. The maximum atomic E-state index is 12.6. The molecule has 4 heteroatoms. The number of ether oxygens (including phenoxy) is 1. The number of amides is 1. The number of carbonyl (C=O) groups excluding carboxylic acids is 2. The Morgan fingerprint density at radius 3 is 2.32 bits per heavy atom. The summed E-state index contributed by atoms with van der Waals surface area (Å²) < 4.78 is 4.68. The van der Waals surface area contributed by atoms with E-state index in [0.717, 1.165) is 5.56 Å². The maximum Gasteiger partial charge on any atom is 0.310 e. The molecule has 0 aromatic heterocycles. The Labute approximate surface area is 130 Å². The summed E-state index contributed by atoms with van der Waals surface area (Å²) in [6.07, 6.45) is 0.0948. The summed E-state index contributed by atoms with van der Waals surface area (Å²) in [5.74, 6) is -0.464. The van der Waals surface area contributed by atoms with Crippen LogP contribution in [0.25, 0.3) is 0 Å². The molecule has 0 aliphatic heterocycles. The fraction of sp³-hybridized carbons (Fsp3) is 0.222. The lowest BCUT2D eigenvalue weighted by molar-refractivity contribution is -0.139. The summed E-state index contributed by atoms with van der Waals surface area (Å²) in [6, 6.07) is 16.9. The Hall–Kier alpha value is -2.62. The second-order valence-corrected chi connectivity index (χ2v) is 5.06. The van der Waals surface area contributed by atoms with Gasteiger partial charge in [-0.1, -0.05) is 48.5 Å². The van der Waals surface area contributed by atoms with E-state index in [1.54, 1.807) is 30.1 Å². The second-order valence-electron chi connectivity index (χ2n) is 5.06. The zero-order valence-electron chi connectivity index (χ0n) is 12.8. The molecule has 2 aromatic carbocycles. The second kappa shape index (κ2) is 7.41. The molecule has 0 heterocycles. The van der Waals surface area contributed by atoms with Crippen LogP contribution < -0.4 is 0 Å². The van der Waals surface area contributed by atoms with Crippen LogP contribution >= 0.6 is 0 Å². The first-order chi connectivity index (χ1) is 10.6. The van der Waals surface area contributed by atoms with Crippen LogP contribution in [-0.2, 0) is 22.5 Å². The van der Waals surface area contributed by atoms with E-state index in [-0.39, 0.29) is 18.3 Å². The highest BCUT2D eigenvalue weighted by Gasteiger charge is 2.17. The highest BCUT2D eigenvalue weighted by molar-refractivity contribution is 5.96. The highest BCUT2D eigenvalue weighted by atomic mass is 16.5. The molecule has 2 rings (SSSR count). The van der Waals surface area contributed by atoms with Gasteiger partial charge in [0.25, 0.3) is 5.91 Å². The van der Waals surface area contributed by atoms with Crippen molar-refractivity contribution in [1.82, 2.24) is 4.90 Å². The zero-order valence-corrected chi connectivity index (χ0v) is 12.8. The van der Waals surface area contributed by atoms with Gasteiger partial charge in [0.15, 0.2) is 0 Å². The van der Waals surface area contributed by atoms with Gasteiger partial charge >= 0.3 is 5.97 Å². The molecule has 0 bridgehead atoms. The molecule has 2 aromatic rings. The number of methoxy groups -OCH3 is 1. The molecule has 0 aliphatic rings. The van der Waals surface area contributed by atoms with Crippen LogP contribution in [0, 0.1) is 0 Å². The first kappa shape index (κ1) is 15.8. The van der Waals surface area contributed by atoms with Crippen LogP contribution in [0.4, 0.5) is 0 Å². The van der Waals surface area contributed by atoms with Gasteiger partial charge in [0.05, 0.1) is 13.5 Å². The van der Waals surface area contributed by atoms with Gasteiger partial charge in [-0.05, 0) is 17.2 Å². The third kappa shape index (κ3) is 3.95. The number of rotatable bonds is 5. The van der Waals surface area contributed by atoms with E-state index in [9.17, 15) is 9.59 Å². The summed E-state index contributed by atoms with van der Waals surface area (Å²) in [5, 5.41) is 0. The number of carbonyl (C=O) groups is 2. The lowest BCUT2D eigenvalue weighted by Gasteiger charge is -2.19. The molecule has 0 fully saturated rings. The van der Waals surface area contributed by atoms with E-state index in [0.29, 0.717) is 17.7 Å². The van der Waals surface area contributed by atoms with Gasteiger partial charge in [-0.2, -0.15) is 0 Å². The first-order valence-electron chi connectivity index (χ1n) is 7.06. The molecule has 0 atom stereocenters. The predicted octanol–water partition coefficient (Wildman–Crippen LogP) is 2.67. The van der Waals surface area contributed by atoms with Crippen LogP contribution in [0.15, 0.2) is 54.6 Å². The molecule has 0 radical (unpaired) electrons. The number of hydrogen-bond acceptors (Lipinski definition) is 3. The largest absolute Gasteiger partial charge is 0.469 e. The first-order valence-corrected chi connectivity index (χ1v) is 7.06. The Morgan fingerprint density at radius 2 is 1.64 bits per heavy atom. The lowest BCUT2D eigenvalue weighted by atomic mass is 10.0. The van der Waals surface area contributed by atoms with E-state index in [1.165, 1.54) is 7.11 Å². The molecule has 4 nitrogen and oxygen atoms in total. The van der Waals surface area contributed by atoms with Crippen molar-refractivity contribution in [2.75, 3.05) is 14.2 Å². The minimum Gasteiger partial charge on any atom is -0.469 e. The number of benzene rings is 2. The van der Waals surface area contributed by atoms with E-state index in [1.807, 2.05) is 36.4 Å². The van der Waals surface area contributed by atoms with Crippen molar-refractivity contribution < 1.29 is 14.3 Å². The lowest BCUT2D eigenvalue weighted by Crippen LogP contribution is -2.27. The van der Waals surface area contributed by atoms with Gasteiger partial charge in [0.2, 0.25) is 0 Å². The number of esters is 1. The predicted molar refractivity (Wildman–Crippen MR) is 84.4 cm³/mol. The summed E-state index contributed by atoms with van der Waals surface area (Å²) >= 11 is 0. The molecule has 0 aliphatic carbocycles. The fourth-order valence-electron chi connectivity index (χ4n) is 2.25. The van der Waals surface area contributed by atoms with Crippen molar-refractivity contribution in [3.8, 4) is 0 Å². The SMILES string of the molecule is COC(=O)Cc1ccccc1C(=O)N(C)Cc1ccccc1. The molecule has 0 saturated carbocycles. The summed E-state index contributed by atoms with van der Waals surface area (Å²) in [6.45, 7) is 0.520. The van der Waals surface area contributed by atoms with Gasteiger partial charge in [-0.3, -0.25) is 9.59 Å². The van der Waals surface area contributed by atoms with Crippen molar-refractivity contribution in [1.29, 1.82) is 0 Å². The summed E-state index contributed by atoms with van der Waals surface area (Å²) in [7, 11) is 3.10. The molecular formula is C18H19NO3. The highest BCUT2D eigenvalue weighted by Crippen LogP contribution is 2.14. The molecule has 1 amide bonds. The Bertz CT molecular complexity index is 652. The van der Waals surface area contributed by atoms with Gasteiger partial charge in [0, 0.05) is 19.2 Å². The molecule has 0 saturated heterocycles. The number of nitrogens with zero attached hydrogens (tertiary/aromatic N) is 1. The van der Waals surface area contributed by atoms with E-state index < -0.39 is 0 Å². The topological polar surface area (TPSA) is 46.6 Å². The van der Waals surface area contributed by atoms with Crippen molar-refractivity contribution in [3.63, 3.8) is 0 Å². The monoisotopic (exact) mass is 297 g/mol. The minimum absolute atomic E-state index is 0.0948. The molecule has 0 spiro atoms. The third-order valence-electron chi connectivity index (χ3n) is 3.42. The van der Waals surface area contributed by atoms with Crippen molar-refractivity contribution >= 4 is 11.9 Å². The van der Waals surface area contributed by atoms with Crippen LogP contribution in [-0.4, -0.2) is 30.9 Å². The van der Waals surface area contributed by atoms with E-state index >= 15 is 0 Å². The van der Waals surface area contributed by atoms with Crippen LogP contribution in [0.5, 0.6) is 0 Å². The van der Waals surface area contributed by atoms with Gasteiger partial charge in [-0.15, -0.1) is 0 Å². The van der Waals surface area contributed by atoms with Crippen LogP contribution in [0.1, 0.15) is 21.5 Å². The fourth-order valence-corrected chi connectivity index (χ4v) is 2.25. The smallest absolute Gasteiger partial charge is 0.310 e. The quantitative estimate of drug-likeness (QED) is 0.797. The van der Waals surface area contributed by atoms with E-state index in [4.69, 9.17) is 0 Å². The number of hydrogen-bond donors (Lipinski definition) is 0. The molecule has 114 valence electrons. The van der Waals surface area contributed by atoms with Crippen LogP contribution in [0.3, 0.4) is 0 Å². The normalized spacial score (nSPS) is 10.1. The van der Waals surface area contributed by atoms with Crippen LogP contribution in [0.2, 0.25) is 0 Å². The molecule has 0 N–H and O–H groups in total. The molecule has 0 unspecified atom stereocenters. The van der Waals surface area contributed by atoms with Crippen molar-refractivity contribution in [2.45, 2.75) is 13.0 Å². The average molecular weight is 297 g/mol. The van der Waals surface area contributed by atoms with Gasteiger partial charge in [-0.25, -0.2) is 0 Å². The third-order valence-corrected chi connectivity index (χ3v) is 3.42. The molecule has 22 heavy (non-hydrogen) atoms. The van der Waals surface area contributed by atoms with Gasteiger partial charge < -0.3 is 9.64 Å². The van der Waals surface area contributed by atoms with E-state index in [2.05, 4.69) is 4.74 Å². The maximum absolute atomic E-state index is 12.6. The average Bonchev–Trinajstić information content (AvgIpc) is 2.55. The Morgan fingerprint density at radius 1 is 1.00 bits per heavy atom. The van der Waals surface area contributed by atoms with Crippen molar-refractivity contribution in [3.05, 3.63) is 71.3 Å². The standard InChI is InChI=1S/C18H19NO3/c1-19(13-14-8-4-3-5-9-14)18(21)16-11-7-6-10-15(16)12-17(20)22-2/h3-11H,12-13H2,1-2H3. The molecular weight excluding hydrogens is 278 g/mol. The van der Waals surface area contributed by atoms with Crippen molar-refractivity contribution in [2.24, 2.45) is 0 Å².